The van der Waals surface area contributed by atoms with Crippen LogP contribution in [0.3, 0.4) is 0 Å². The van der Waals surface area contributed by atoms with Gasteiger partial charge in [0.2, 0.25) is 0 Å². The maximum absolute atomic E-state index is 5.74. The lowest BCUT2D eigenvalue weighted by molar-refractivity contribution is 0.0572. The standard InChI is InChI=1S/C16H34N2O/c1-5-7-9-19-10-8-18-13-15(6-2)17-12-16(18)11-14(3)4/h14-17H,5-13H2,1-4H3. The summed E-state index contributed by atoms with van der Waals surface area (Å²) in [5.74, 6) is 0.772. The van der Waals surface area contributed by atoms with Crippen LogP contribution in [0.4, 0.5) is 0 Å². The average molecular weight is 270 g/mol. The Morgan fingerprint density at radius 3 is 2.68 bits per heavy atom. The Bertz CT molecular complexity index is 221. The lowest BCUT2D eigenvalue weighted by Crippen LogP contribution is -2.57. The first-order chi connectivity index (χ1) is 9.17. The molecule has 0 spiro atoms. The first-order valence-electron chi connectivity index (χ1n) is 8.22. The number of rotatable bonds is 9. The molecule has 0 saturated carbocycles. The van der Waals surface area contributed by atoms with Gasteiger partial charge in [-0.15, -0.1) is 0 Å². The topological polar surface area (TPSA) is 24.5 Å². The quantitative estimate of drug-likeness (QED) is 0.652. The molecule has 1 aliphatic heterocycles. The Balaban J connectivity index is 2.33. The van der Waals surface area contributed by atoms with Gasteiger partial charge in [-0.1, -0.05) is 34.1 Å². The zero-order valence-corrected chi connectivity index (χ0v) is 13.5. The van der Waals surface area contributed by atoms with E-state index in [1.165, 1.54) is 32.2 Å². The molecular weight excluding hydrogens is 236 g/mol. The summed E-state index contributed by atoms with van der Waals surface area (Å²) < 4.78 is 5.74. The van der Waals surface area contributed by atoms with Crippen molar-refractivity contribution in [2.75, 3.05) is 32.8 Å². The number of unbranched alkanes of at least 4 members (excludes halogenated alkanes) is 1. The molecule has 2 atom stereocenters. The molecule has 1 N–H and O–H groups in total. The van der Waals surface area contributed by atoms with Gasteiger partial charge in [0, 0.05) is 38.3 Å². The molecule has 1 aliphatic rings. The Hall–Kier alpha value is -0.120. The molecule has 3 heteroatoms. The molecule has 1 fully saturated rings. The van der Waals surface area contributed by atoms with Gasteiger partial charge in [0.15, 0.2) is 0 Å². The molecule has 0 bridgehead atoms. The predicted octanol–water partition coefficient (Wildman–Crippen LogP) is 2.90. The van der Waals surface area contributed by atoms with Crippen molar-refractivity contribution in [3.63, 3.8) is 0 Å². The minimum Gasteiger partial charge on any atom is -0.380 e. The van der Waals surface area contributed by atoms with Crippen LogP contribution in [0.5, 0.6) is 0 Å². The molecule has 1 saturated heterocycles. The molecule has 0 amide bonds. The number of nitrogens with one attached hydrogen (secondary N) is 1. The summed E-state index contributed by atoms with van der Waals surface area (Å²) in [7, 11) is 0. The minimum atomic E-state index is 0.666. The average Bonchev–Trinajstić information content (AvgIpc) is 2.39. The first kappa shape index (κ1) is 16.9. The highest BCUT2D eigenvalue weighted by Gasteiger charge is 2.26. The Kier molecular flexibility index (Phi) is 8.67. The van der Waals surface area contributed by atoms with Gasteiger partial charge < -0.3 is 10.1 Å². The summed E-state index contributed by atoms with van der Waals surface area (Å²) in [5.41, 5.74) is 0. The fourth-order valence-electron chi connectivity index (χ4n) is 2.78. The van der Waals surface area contributed by atoms with Gasteiger partial charge in [-0.2, -0.15) is 0 Å². The third-order valence-corrected chi connectivity index (χ3v) is 4.01. The van der Waals surface area contributed by atoms with Crippen LogP contribution in [0.1, 0.15) is 53.4 Å². The molecule has 114 valence electrons. The summed E-state index contributed by atoms with van der Waals surface area (Å²) >= 11 is 0. The third kappa shape index (κ3) is 6.73. The summed E-state index contributed by atoms with van der Waals surface area (Å²) in [6, 6.07) is 1.36. The van der Waals surface area contributed by atoms with E-state index in [0.717, 1.165) is 32.2 Å². The van der Waals surface area contributed by atoms with Crippen LogP contribution in [-0.2, 0) is 4.74 Å². The van der Waals surface area contributed by atoms with Crippen molar-refractivity contribution >= 4 is 0 Å². The van der Waals surface area contributed by atoms with Gasteiger partial charge in [-0.25, -0.2) is 0 Å². The minimum absolute atomic E-state index is 0.666. The molecule has 3 nitrogen and oxygen atoms in total. The fraction of sp³-hybridized carbons (Fsp3) is 1.00. The van der Waals surface area contributed by atoms with E-state index in [9.17, 15) is 0 Å². The SMILES string of the molecule is CCCCOCCN1CC(CC)NCC1CC(C)C. The number of piperazine rings is 1. The smallest absolute Gasteiger partial charge is 0.0593 e. The molecule has 1 rings (SSSR count). The summed E-state index contributed by atoms with van der Waals surface area (Å²) in [5, 5.41) is 3.68. The lowest BCUT2D eigenvalue weighted by Gasteiger charge is -2.41. The second-order valence-corrected chi connectivity index (χ2v) is 6.26. The zero-order valence-electron chi connectivity index (χ0n) is 13.5. The normalized spacial score (nSPS) is 25.1. The fourth-order valence-corrected chi connectivity index (χ4v) is 2.78. The van der Waals surface area contributed by atoms with E-state index in [-0.39, 0.29) is 0 Å². The van der Waals surface area contributed by atoms with Gasteiger partial charge in [0.1, 0.15) is 0 Å². The zero-order chi connectivity index (χ0) is 14.1. The molecule has 0 aromatic heterocycles. The van der Waals surface area contributed by atoms with Crippen molar-refractivity contribution in [3.05, 3.63) is 0 Å². The largest absolute Gasteiger partial charge is 0.380 e. The van der Waals surface area contributed by atoms with Crippen LogP contribution in [0.2, 0.25) is 0 Å². The number of hydrogen-bond acceptors (Lipinski definition) is 3. The van der Waals surface area contributed by atoms with Crippen LogP contribution in [0, 0.1) is 5.92 Å². The molecule has 19 heavy (non-hydrogen) atoms. The summed E-state index contributed by atoms with van der Waals surface area (Å²) in [6.07, 6.45) is 4.93. The van der Waals surface area contributed by atoms with Crippen LogP contribution >= 0.6 is 0 Å². The highest BCUT2D eigenvalue weighted by molar-refractivity contribution is 4.86. The van der Waals surface area contributed by atoms with Crippen LogP contribution in [0.15, 0.2) is 0 Å². The van der Waals surface area contributed by atoms with Crippen molar-refractivity contribution in [2.45, 2.75) is 65.5 Å². The van der Waals surface area contributed by atoms with Crippen molar-refractivity contribution in [3.8, 4) is 0 Å². The van der Waals surface area contributed by atoms with E-state index in [4.69, 9.17) is 4.74 Å². The Labute approximate surface area is 120 Å². The number of nitrogens with zero attached hydrogens (tertiary/aromatic N) is 1. The first-order valence-corrected chi connectivity index (χ1v) is 8.22. The maximum Gasteiger partial charge on any atom is 0.0593 e. The molecule has 0 aromatic carbocycles. The maximum atomic E-state index is 5.74. The molecule has 1 heterocycles. The van der Waals surface area contributed by atoms with Crippen LogP contribution in [-0.4, -0.2) is 49.8 Å². The van der Waals surface area contributed by atoms with Crippen molar-refractivity contribution in [2.24, 2.45) is 5.92 Å². The Morgan fingerprint density at radius 1 is 1.26 bits per heavy atom. The van der Waals surface area contributed by atoms with Gasteiger partial charge in [-0.05, 0) is 25.2 Å². The Morgan fingerprint density at radius 2 is 2.05 bits per heavy atom. The molecule has 0 aliphatic carbocycles. The van der Waals surface area contributed by atoms with Gasteiger partial charge in [-0.3, -0.25) is 4.90 Å². The van der Waals surface area contributed by atoms with Crippen LogP contribution < -0.4 is 5.32 Å². The van der Waals surface area contributed by atoms with Gasteiger partial charge in [0.05, 0.1) is 6.61 Å². The number of ether oxygens (including phenoxy) is 1. The number of hydrogen-bond donors (Lipinski definition) is 1. The second-order valence-electron chi connectivity index (χ2n) is 6.26. The highest BCUT2D eigenvalue weighted by Crippen LogP contribution is 2.16. The summed E-state index contributed by atoms with van der Waals surface area (Å²) in [4.78, 5) is 2.65. The van der Waals surface area contributed by atoms with Gasteiger partial charge in [0.25, 0.3) is 0 Å². The monoisotopic (exact) mass is 270 g/mol. The molecule has 2 unspecified atom stereocenters. The van der Waals surface area contributed by atoms with Crippen molar-refractivity contribution in [1.29, 1.82) is 0 Å². The molecule has 0 radical (unpaired) electrons. The van der Waals surface area contributed by atoms with E-state index >= 15 is 0 Å². The van der Waals surface area contributed by atoms with Crippen molar-refractivity contribution in [1.82, 2.24) is 10.2 Å². The summed E-state index contributed by atoms with van der Waals surface area (Å²) in [6.45, 7) is 14.4. The predicted molar refractivity (Wildman–Crippen MR) is 82.6 cm³/mol. The third-order valence-electron chi connectivity index (χ3n) is 4.01. The highest BCUT2D eigenvalue weighted by atomic mass is 16.5. The van der Waals surface area contributed by atoms with Gasteiger partial charge >= 0.3 is 0 Å². The lowest BCUT2D eigenvalue weighted by atomic mass is 9.98. The molecule has 0 aromatic rings. The van der Waals surface area contributed by atoms with Crippen LogP contribution in [0.25, 0.3) is 0 Å². The van der Waals surface area contributed by atoms with E-state index in [1.807, 2.05) is 0 Å². The van der Waals surface area contributed by atoms with E-state index in [1.54, 1.807) is 0 Å². The van der Waals surface area contributed by atoms with E-state index in [0.29, 0.717) is 12.1 Å². The van der Waals surface area contributed by atoms with E-state index < -0.39 is 0 Å². The molecular formula is C16H34N2O. The van der Waals surface area contributed by atoms with E-state index in [2.05, 4.69) is 37.9 Å². The van der Waals surface area contributed by atoms with Crippen molar-refractivity contribution < 1.29 is 4.74 Å². The second kappa shape index (κ2) is 9.73.